The van der Waals surface area contributed by atoms with Gasteiger partial charge in [0, 0.05) is 16.7 Å². The second-order valence-corrected chi connectivity index (χ2v) is 9.76. The van der Waals surface area contributed by atoms with Gasteiger partial charge in [-0.1, -0.05) is 116 Å². The van der Waals surface area contributed by atoms with E-state index in [-0.39, 0.29) is 66.9 Å². The highest BCUT2D eigenvalue weighted by atomic mass is 35.5. The number of benzene rings is 2. The maximum atomic E-state index is 13.5. The van der Waals surface area contributed by atoms with Crippen molar-refractivity contribution in [3.63, 3.8) is 0 Å². The fourth-order valence-corrected chi connectivity index (χ4v) is 5.32. The van der Waals surface area contributed by atoms with Crippen LogP contribution in [0.4, 0.5) is 13.2 Å². The zero-order valence-electron chi connectivity index (χ0n) is 14.5. The van der Waals surface area contributed by atoms with Gasteiger partial charge in [-0.05, 0) is 12.1 Å². The highest BCUT2D eigenvalue weighted by molar-refractivity contribution is 6.58. The van der Waals surface area contributed by atoms with E-state index in [0.717, 1.165) is 6.07 Å². The highest BCUT2D eigenvalue weighted by Gasteiger charge is 2.35. The average Bonchev–Trinajstić information content (AvgIpc) is 2.73. The minimum atomic E-state index is -4.82. The molecule has 1 aromatic heterocycles. The zero-order valence-corrected chi connectivity index (χ0v) is 22.1. The molecule has 0 aliphatic carbocycles. The Morgan fingerprint density at radius 1 is 0.500 bits per heavy atom. The zero-order chi connectivity index (χ0) is 24.3. The van der Waals surface area contributed by atoms with Crippen molar-refractivity contribution in [2.24, 2.45) is 0 Å². The van der Waals surface area contributed by atoms with Crippen LogP contribution in [-0.4, -0.2) is 4.98 Å². The summed E-state index contributed by atoms with van der Waals surface area (Å²) in [4.78, 5) is 3.70. The molecule has 170 valence electrons. The van der Waals surface area contributed by atoms with Gasteiger partial charge in [0.25, 0.3) is 0 Å². The Kier molecular flexibility index (Phi) is 8.18. The molecule has 0 saturated heterocycles. The van der Waals surface area contributed by atoms with E-state index in [0.29, 0.717) is 6.07 Å². The summed E-state index contributed by atoms with van der Waals surface area (Å²) in [6.45, 7) is 0. The number of aromatic nitrogens is 1. The molecule has 3 rings (SSSR count). The first-order valence-electron chi connectivity index (χ1n) is 7.81. The summed E-state index contributed by atoms with van der Waals surface area (Å²) in [5, 5.41) is -2.26. The van der Waals surface area contributed by atoms with Crippen LogP contribution in [0.25, 0.3) is 22.4 Å². The number of hydrogen-bond acceptors (Lipinski definition) is 1. The second-order valence-electron chi connectivity index (χ2n) is 5.98. The highest BCUT2D eigenvalue weighted by Crippen LogP contribution is 2.54. The van der Waals surface area contributed by atoms with E-state index >= 15 is 0 Å². The molecule has 0 aliphatic heterocycles. The molecule has 0 saturated carbocycles. The van der Waals surface area contributed by atoms with Crippen LogP contribution in [0.1, 0.15) is 5.69 Å². The second kappa shape index (κ2) is 9.73. The van der Waals surface area contributed by atoms with Crippen molar-refractivity contribution in [3.8, 4) is 22.4 Å². The van der Waals surface area contributed by atoms with Crippen LogP contribution in [0.3, 0.4) is 0 Å². The van der Waals surface area contributed by atoms with Crippen LogP contribution < -0.4 is 0 Å². The first-order chi connectivity index (χ1) is 14.7. The Morgan fingerprint density at radius 2 is 0.844 bits per heavy atom. The van der Waals surface area contributed by atoms with E-state index in [1.807, 2.05) is 0 Å². The van der Waals surface area contributed by atoms with E-state index in [1.165, 1.54) is 0 Å². The molecule has 0 aliphatic rings. The lowest BCUT2D eigenvalue weighted by Crippen LogP contribution is -2.09. The number of nitrogens with zero attached hydrogens (tertiary/aromatic N) is 1. The van der Waals surface area contributed by atoms with Gasteiger partial charge in [-0.2, -0.15) is 13.2 Å². The van der Waals surface area contributed by atoms with Gasteiger partial charge in [-0.25, -0.2) is 4.98 Å². The lowest BCUT2D eigenvalue weighted by molar-refractivity contribution is -0.141. The summed E-state index contributed by atoms with van der Waals surface area (Å²) in [5.41, 5.74) is -2.06. The first kappa shape index (κ1) is 26.9. The average molecular weight is 644 g/mol. The van der Waals surface area contributed by atoms with E-state index in [1.54, 1.807) is 0 Å². The molecule has 3 aromatic rings. The van der Waals surface area contributed by atoms with Crippen LogP contribution in [0.5, 0.6) is 0 Å². The van der Waals surface area contributed by atoms with Crippen LogP contribution in [-0.2, 0) is 6.18 Å². The topological polar surface area (TPSA) is 12.9 Å². The van der Waals surface area contributed by atoms with Crippen molar-refractivity contribution in [1.82, 2.24) is 4.98 Å². The van der Waals surface area contributed by atoms with Crippen molar-refractivity contribution < 1.29 is 13.2 Å². The molecule has 1 heterocycles. The molecule has 0 unspecified atom stereocenters. The first-order valence-corrected chi connectivity index (χ1v) is 11.6. The summed E-state index contributed by atoms with van der Waals surface area (Å²) < 4.78 is 40.4. The number of alkyl halides is 3. The molecule has 0 bridgehead atoms. The quantitative estimate of drug-likeness (QED) is 0.200. The SMILES string of the molecule is FC(F)(F)c1ccc(-c2c(Cl)c(Cl)c(Cl)c(Cl)c2Cl)c(-c2c(Cl)c(Cl)c(Cl)c(Cl)c2Cl)n1. The normalized spacial score (nSPS) is 11.9. The van der Waals surface area contributed by atoms with Gasteiger partial charge >= 0.3 is 6.18 Å². The fourth-order valence-electron chi connectivity index (χ4n) is 2.66. The molecular weight excluding hydrogens is 642 g/mol. The molecular formula is C18H2Cl10F3N. The molecule has 0 atom stereocenters. The van der Waals surface area contributed by atoms with Crippen molar-refractivity contribution in [2.75, 3.05) is 0 Å². The molecule has 1 nitrogen and oxygen atoms in total. The summed E-state index contributed by atoms with van der Waals surface area (Å²) in [6, 6.07) is 1.74. The number of rotatable bonds is 2. The van der Waals surface area contributed by atoms with Gasteiger partial charge < -0.3 is 0 Å². The van der Waals surface area contributed by atoms with Crippen molar-refractivity contribution in [3.05, 3.63) is 68.1 Å². The van der Waals surface area contributed by atoms with Gasteiger partial charge in [-0.3, -0.25) is 0 Å². The van der Waals surface area contributed by atoms with Gasteiger partial charge in [0.1, 0.15) is 5.69 Å². The molecule has 2 aromatic carbocycles. The molecule has 32 heavy (non-hydrogen) atoms. The summed E-state index contributed by atoms with van der Waals surface area (Å²) >= 11 is 61.7. The minimum Gasteiger partial charge on any atom is -0.243 e. The Balaban J connectivity index is 2.55. The van der Waals surface area contributed by atoms with E-state index in [2.05, 4.69) is 4.98 Å². The summed E-state index contributed by atoms with van der Waals surface area (Å²) in [6.07, 6.45) is -4.82. The third kappa shape index (κ3) is 4.58. The van der Waals surface area contributed by atoms with Crippen molar-refractivity contribution in [1.29, 1.82) is 0 Å². The van der Waals surface area contributed by atoms with Crippen molar-refractivity contribution >= 4 is 116 Å². The standard InChI is InChI=1S/C18H2Cl10F3N/c19-7-5(8(20)12(24)15(27)11(7)23)3-1-2-4(18(29,30)31)32-17(3)6-9(21)13(25)16(28)14(26)10(6)22/h1-2H. The lowest BCUT2D eigenvalue weighted by atomic mass is 9.98. The van der Waals surface area contributed by atoms with Gasteiger partial charge in [0.15, 0.2) is 0 Å². The largest absolute Gasteiger partial charge is 0.433 e. The Labute approximate surface area is 229 Å². The van der Waals surface area contributed by atoms with Crippen LogP contribution in [0, 0.1) is 0 Å². The fraction of sp³-hybridized carbons (Fsp3) is 0.0556. The third-order valence-corrected chi connectivity index (χ3v) is 8.66. The predicted molar refractivity (Wildman–Crippen MR) is 130 cm³/mol. The Morgan fingerprint density at radius 3 is 1.22 bits per heavy atom. The van der Waals surface area contributed by atoms with Crippen LogP contribution in [0.15, 0.2) is 12.1 Å². The molecule has 0 fully saturated rings. The Hall–Kier alpha value is 0.280. The van der Waals surface area contributed by atoms with Crippen LogP contribution >= 0.6 is 116 Å². The third-order valence-electron chi connectivity index (χ3n) is 4.11. The van der Waals surface area contributed by atoms with E-state index < -0.39 is 17.6 Å². The maximum absolute atomic E-state index is 13.5. The molecule has 0 radical (unpaired) electrons. The predicted octanol–water partition coefficient (Wildman–Crippen LogP) is 12.0. The van der Waals surface area contributed by atoms with E-state index in [9.17, 15) is 13.2 Å². The van der Waals surface area contributed by atoms with Gasteiger partial charge in [0.05, 0.1) is 55.9 Å². The lowest BCUT2D eigenvalue weighted by Gasteiger charge is -2.19. The molecule has 0 N–H and O–H groups in total. The number of pyridine rings is 1. The molecule has 14 heteroatoms. The molecule has 0 spiro atoms. The minimum absolute atomic E-state index is 0.0632. The number of hydrogen-bond donors (Lipinski definition) is 0. The molecule has 0 amide bonds. The van der Waals surface area contributed by atoms with Crippen molar-refractivity contribution in [2.45, 2.75) is 6.18 Å². The smallest absolute Gasteiger partial charge is 0.243 e. The van der Waals surface area contributed by atoms with Gasteiger partial charge in [-0.15, -0.1) is 0 Å². The summed E-state index contributed by atoms with van der Waals surface area (Å²) in [7, 11) is 0. The summed E-state index contributed by atoms with van der Waals surface area (Å²) in [5.74, 6) is 0. The number of halogens is 13. The van der Waals surface area contributed by atoms with Crippen LogP contribution in [0.2, 0.25) is 50.2 Å². The Bertz CT molecular complexity index is 1220. The monoisotopic (exact) mass is 639 g/mol. The van der Waals surface area contributed by atoms with E-state index in [4.69, 9.17) is 116 Å². The van der Waals surface area contributed by atoms with Gasteiger partial charge in [0.2, 0.25) is 0 Å². The maximum Gasteiger partial charge on any atom is 0.433 e.